The average molecular weight is 589 g/mol. The van der Waals surface area contributed by atoms with Crippen LogP contribution in [0, 0.1) is 0 Å². The van der Waals surface area contributed by atoms with E-state index in [0.29, 0.717) is 23.7 Å². The predicted octanol–water partition coefficient (Wildman–Crippen LogP) is 5.29. The summed E-state index contributed by atoms with van der Waals surface area (Å²) in [5, 5.41) is 15.2. The van der Waals surface area contributed by atoms with Crippen LogP contribution in [0.3, 0.4) is 0 Å². The van der Waals surface area contributed by atoms with E-state index < -0.39 is 24.8 Å². The number of aliphatic carboxylic acids is 1. The van der Waals surface area contributed by atoms with Gasteiger partial charge in [0.25, 0.3) is 5.91 Å². The number of halogens is 3. The molecule has 0 bridgehead atoms. The van der Waals surface area contributed by atoms with Crippen molar-refractivity contribution in [2.45, 2.75) is 70.0 Å². The zero-order valence-corrected chi connectivity index (χ0v) is 22.9. The fourth-order valence-electron chi connectivity index (χ4n) is 5.34. The highest BCUT2D eigenvalue weighted by Gasteiger charge is 2.37. The third kappa shape index (κ3) is 6.84. The number of rotatable bonds is 12. The van der Waals surface area contributed by atoms with Gasteiger partial charge < -0.3 is 29.3 Å². The van der Waals surface area contributed by atoms with Crippen LogP contribution in [0.4, 0.5) is 19.0 Å². The largest absolute Gasteiger partial charge is 0.573 e. The maximum absolute atomic E-state index is 13.1. The summed E-state index contributed by atoms with van der Waals surface area (Å²) in [6, 6.07) is 9.36. The molecular weight excluding hydrogens is 557 g/mol. The number of nitrogens with one attached hydrogen (secondary N) is 1. The van der Waals surface area contributed by atoms with Gasteiger partial charge in [-0.05, 0) is 56.4 Å². The second-order valence-electron chi connectivity index (χ2n) is 10.4. The number of nitrogens with zero attached hydrogens (tertiary/aromatic N) is 3. The summed E-state index contributed by atoms with van der Waals surface area (Å²) < 4.78 is 55.3. The number of alkyl halides is 3. The summed E-state index contributed by atoms with van der Waals surface area (Å²) in [4.78, 5) is 29.6. The third-order valence-electron chi connectivity index (χ3n) is 7.46. The molecule has 1 aromatic carbocycles. The number of para-hydroxylation sites is 1. The zero-order chi connectivity index (χ0) is 29.9. The van der Waals surface area contributed by atoms with Crippen LogP contribution in [0.5, 0.6) is 5.75 Å². The summed E-state index contributed by atoms with van der Waals surface area (Å²) in [7, 11) is 0. The minimum Gasteiger partial charge on any atom is -0.480 e. The lowest BCUT2D eigenvalue weighted by Crippen LogP contribution is -2.39. The molecule has 2 N–H and O–H groups in total. The van der Waals surface area contributed by atoms with Crippen LogP contribution in [0.2, 0.25) is 0 Å². The average Bonchev–Trinajstić information content (AvgIpc) is 3.59. The first kappa shape index (κ1) is 29.4. The van der Waals surface area contributed by atoms with Gasteiger partial charge in [-0.25, -0.2) is 4.98 Å². The maximum atomic E-state index is 13.1. The highest BCUT2D eigenvalue weighted by molar-refractivity contribution is 5.95. The molecular formula is C29H31F3N4O6. The Balaban J connectivity index is 1.31. The fraction of sp³-hybridized carbons (Fsp3) is 0.448. The van der Waals surface area contributed by atoms with Crippen LogP contribution < -0.4 is 15.0 Å². The Labute approximate surface area is 239 Å². The first-order valence-electron chi connectivity index (χ1n) is 13.8. The predicted molar refractivity (Wildman–Crippen MR) is 144 cm³/mol. The van der Waals surface area contributed by atoms with Crippen molar-refractivity contribution in [2.24, 2.45) is 0 Å². The van der Waals surface area contributed by atoms with Crippen molar-refractivity contribution in [3.8, 4) is 17.0 Å². The van der Waals surface area contributed by atoms with Gasteiger partial charge >= 0.3 is 12.3 Å². The highest BCUT2D eigenvalue weighted by Crippen LogP contribution is 2.45. The molecule has 2 unspecified atom stereocenters. The number of ether oxygens (including phenoxy) is 2. The Morgan fingerprint density at radius 1 is 1.12 bits per heavy atom. The van der Waals surface area contributed by atoms with E-state index in [1.54, 1.807) is 18.2 Å². The Morgan fingerprint density at radius 3 is 2.55 bits per heavy atom. The van der Waals surface area contributed by atoms with Crippen molar-refractivity contribution in [3.63, 3.8) is 0 Å². The molecule has 1 aliphatic heterocycles. The molecule has 3 aromatic rings. The number of anilines is 1. The summed E-state index contributed by atoms with van der Waals surface area (Å²) in [5.41, 5.74) is 1.31. The van der Waals surface area contributed by atoms with E-state index in [9.17, 15) is 22.8 Å². The van der Waals surface area contributed by atoms with Gasteiger partial charge in [-0.15, -0.1) is 13.2 Å². The molecule has 5 rings (SSSR count). The summed E-state index contributed by atoms with van der Waals surface area (Å²) in [6.07, 6.45) is 1.01. The van der Waals surface area contributed by atoms with Crippen molar-refractivity contribution in [3.05, 3.63) is 59.5 Å². The Kier molecular flexibility index (Phi) is 8.66. The smallest absolute Gasteiger partial charge is 0.480 e. The van der Waals surface area contributed by atoms with E-state index in [1.807, 2.05) is 0 Å². The van der Waals surface area contributed by atoms with Gasteiger partial charge in [0, 0.05) is 29.3 Å². The van der Waals surface area contributed by atoms with Crippen molar-refractivity contribution in [1.82, 2.24) is 15.5 Å². The van der Waals surface area contributed by atoms with Crippen LogP contribution >= 0.6 is 0 Å². The summed E-state index contributed by atoms with van der Waals surface area (Å²) >= 11 is 0. The molecule has 1 aliphatic carbocycles. The van der Waals surface area contributed by atoms with Gasteiger partial charge in [0.05, 0.1) is 24.8 Å². The molecule has 1 saturated carbocycles. The van der Waals surface area contributed by atoms with Crippen LogP contribution in [0.1, 0.15) is 66.6 Å². The first-order valence-corrected chi connectivity index (χ1v) is 13.8. The number of carbonyl (C=O) groups excluding carboxylic acids is 1. The number of benzene rings is 1. The van der Waals surface area contributed by atoms with Gasteiger partial charge in [-0.2, -0.15) is 0 Å². The second-order valence-corrected chi connectivity index (χ2v) is 10.4. The Hall–Kier alpha value is -4.13. The van der Waals surface area contributed by atoms with Crippen LogP contribution in [-0.2, 0) is 16.1 Å². The molecule has 0 spiro atoms. The van der Waals surface area contributed by atoms with Crippen molar-refractivity contribution in [2.75, 3.05) is 18.1 Å². The van der Waals surface area contributed by atoms with E-state index in [1.165, 1.54) is 24.4 Å². The SMILES string of the molecule is CCC1CCC(COCc2c(-c3ccccc3OC(F)(F)F)noc2C2CC2)N1c1ccc(C(=O)NCC(=O)O)cn1. The topological polar surface area (TPSA) is 127 Å². The van der Waals surface area contributed by atoms with E-state index in [0.717, 1.165) is 32.1 Å². The van der Waals surface area contributed by atoms with Crippen LogP contribution in [0.15, 0.2) is 47.1 Å². The number of carboxylic acids is 1. The second kappa shape index (κ2) is 12.4. The fourth-order valence-corrected chi connectivity index (χ4v) is 5.34. The molecule has 1 saturated heterocycles. The van der Waals surface area contributed by atoms with E-state index in [2.05, 4.69) is 32.0 Å². The quantitative estimate of drug-likeness (QED) is 0.290. The summed E-state index contributed by atoms with van der Waals surface area (Å²) in [6.45, 7) is 2.03. The van der Waals surface area contributed by atoms with Crippen LogP contribution in [0.25, 0.3) is 11.3 Å². The Bertz CT molecular complexity index is 1410. The van der Waals surface area contributed by atoms with Crippen molar-refractivity contribution in [1.29, 1.82) is 0 Å². The molecule has 2 aromatic heterocycles. The van der Waals surface area contributed by atoms with E-state index >= 15 is 0 Å². The molecule has 2 aliphatic rings. The molecule has 2 atom stereocenters. The molecule has 1 amide bonds. The van der Waals surface area contributed by atoms with Gasteiger partial charge in [-0.1, -0.05) is 24.2 Å². The lowest BCUT2D eigenvalue weighted by Gasteiger charge is -2.31. The lowest BCUT2D eigenvalue weighted by molar-refractivity contribution is -0.274. The molecule has 224 valence electrons. The maximum Gasteiger partial charge on any atom is 0.573 e. The molecule has 0 radical (unpaired) electrons. The Morgan fingerprint density at radius 2 is 1.88 bits per heavy atom. The van der Waals surface area contributed by atoms with Gasteiger partial charge in [-0.3, -0.25) is 9.59 Å². The van der Waals surface area contributed by atoms with Crippen LogP contribution in [-0.4, -0.2) is 58.7 Å². The number of carbonyl (C=O) groups is 2. The zero-order valence-electron chi connectivity index (χ0n) is 22.9. The monoisotopic (exact) mass is 588 g/mol. The minimum absolute atomic E-state index is 0.0253. The standard InChI is InChI=1S/C29H31F3N4O6/c1-2-19-10-11-20(36(19)24-12-9-18(13-33-24)28(39)34-14-25(37)38)15-40-16-22-26(35-42-27(22)17-7-8-17)21-5-3-4-6-23(21)41-29(30,31)32/h3-6,9,12-13,17,19-20H,2,7-8,10-11,14-16H2,1H3,(H,34,39)(H,37,38). The van der Waals surface area contributed by atoms with E-state index in [-0.39, 0.29) is 47.2 Å². The molecule has 3 heterocycles. The van der Waals surface area contributed by atoms with Crippen molar-refractivity contribution < 1.29 is 41.9 Å². The third-order valence-corrected chi connectivity index (χ3v) is 7.46. The van der Waals surface area contributed by atoms with Gasteiger partial charge in [0.15, 0.2) is 0 Å². The summed E-state index contributed by atoms with van der Waals surface area (Å²) in [5.74, 6) is -0.572. The number of hydrogen-bond acceptors (Lipinski definition) is 8. The number of aromatic nitrogens is 2. The number of carboxylic acid groups (broad SMARTS) is 1. The van der Waals surface area contributed by atoms with E-state index in [4.69, 9.17) is 14.4 Å². The van der Waals surface area contributed by atoms with Gasteiger partial charge in [0.2, 0.25) is 0 Å². The normalized spacial score (nSPS) is 18.7. The molecule has 13 heteroatoms. The highest BCUT2D eigenvalue weighted by atomic mass is 19.4. The first-order chi connectivity index (χ1) is 20.1. The number of hydrogen-bond donors (Lipinski definition) is 2. The van der Waals surface area contributed by atoms with Crippen molar-refractivity contribution >= 4 is 17.7 Å². The molecule has 42 heavy (non-hydrogen) atoms. The number of pyridine rings is 1. The molecule has 10 nitrogen and oxygen atoms in total. The van der Waals surface area contributed by atoms with Gasteiger partial charge in [0.1, 0.15) is 29.6 Å². The molecule has 2 fully saturated rings. The lowest BCUT2D eigenvalue weighted by atomic mass is 10.0. The minimum atomic E-state index is -4.86. The number of amides is 1.